The van der Waals surface area contributed by atoms with Gasteiger partial charge in [0, 0.05) is 6.61 Å². The Labute approximate surface area is 91.6 Å². The zero-order valence-corrected chi connectivity index (χ0v) is 9.32. The van der Waals surface area contributed by atoms with E-state index in [1.54, 1.807) is 0 Å². The highest BCUT2D eigenvalue weighted by molar-refractivity contribution is 5.25. The summed E-state index contributed by atoms with van der Waals surface area (Å²) >= 11 is 0. The van der Waals surface area contributed by atoms with Crippen molar-refractivity contribution in [2.75, 3.05) is 6.61 Å². The Balaban J connectivity index is 2.62. The van der Waals surface area contributed by atoms with Crippen LogP contribution in [0.1, 0.15) is 43.4 Å². The van der Waals surface area contributed by atoms with Crippen molar-refractivity contribution in [2.45, 2.75) is 38.7 Å². The Kier molecular flexibility index (Phi) is 5.37. The maximum Gasteiger partial charge on any atom is 0.0791 e. The number of rotatable bonds is 6. The molecule has 2 heteroatoms. The molecule has 1 aromatic rings. The summed E-state index contributed by atoms with van der Waals surface area (Å²) in [6.45, 7) is 2.29. The Morgan fingerprint density at radius 3 is 2.80 bits per heavy atom. The lowest BCUT2D eigenvalue weighted by atomic mass is 10.0. The average Bonchev–Trinajstić information content (AvgIpc) is 2.27. The largest absolute Gasteiger partial charge is 0.396 e. The van der Waals surface area contributed by atoms with Gasteiger partial charge in [-0.2, -0.15) is 0 Å². The van der Waals surface area contributed by atoms with Crippen LogP contribution in [0.15, 0.2) is 24.3 Å². The van der Waals surface area contributed by atoms with E-state index in [4.69, 9.17) is 5.11 Å². The second kappa shape index (κ2) is 6.59. The van der Waals surface area contributed by atoms with Gasteiger partial charge in [0.2, 0.25) is 0 Å². The molecule has 0 aromatic heterocycles. The molecule has 0 saturated carbocycles. The van der Waals surface area contributed by atoms with Gasteiger partial charge in [0.15, 0.2) is 0 Å². The number of hydrogen-bond acceptors (Lipinski definition) is 2. The van der Waals surface area contributed by atoms with Crippen molar-refractivity contribution in [1.82, 2.24) is 0 Å². The molecular formula is C13H20O2. The van der Waals surface area contributed by atoms with Gasteiger partial charge in [-0.15, -0.1) is 0 Å². The van der Waals surface area contributed by atoms with Crippen molar-refractivity contribution >= 4 is 0 Å². The molecule has 2 N–H and O–H groups in total. The minimum atomic E-state index is -0.436. The Bertz CT molecular complexity index is 284. The summed E-state index contributed by atoms with van der Waals surface area (Å²) in [5.74, 6) is 0. The Morgan fingerprint density at radius 1 is 1.33 bits per heavy atom. The SMILES string of the molecule is CCCc1cccc(C(O)CCCO)c1. The van der Waals surface area contributed by atoms with Crippen molar-refractivity contribution in [1.29, 1.82) is 0 Å². The lowest BCUT2D eigenvalue weighted by molar-refractivity contribution is 0.151. The first-order valence-electron chi connectivity index (χ1n) is 5.65. The van der Waals surface area contributed by atoms with Crippen molar-refractivity contribution in [3.8, 4) is 0 Å². The summed E-state index contributed by atoms with van der Waals surface area (Å²) < 4.78 is 0. The molecule has 0 amide bonds. The first kappa shape index (κ1) is 12.2. The maximum atomic E-state index is 9.83. The molecule has 0 saturated heterocycles. The molecule has 0 aliphatic heterocycles. The van der Waals surface area contributed by atoms with E-state index in [2.05, 4.69) is 19.1 Å². The molecular weight excluding hydrogens is 188 g/mol. The lowest BCUT2D eigenvalue weighted by Crippen LogP contribution is -1.99. The van der Waals surface area contributed by atoms with Crippen LogP contribution in [-0.2, 0) is 6.42 Å². The van der Waals surface area contributed by atoms with Crippen molar-refractivity contribution in [2.24, 2.45) is 0 Å². The van der Waals surface area contributed by atoms with Gasteiger partial charge in [-0.05, 0) is 30.4 Å². The molecule has 0 bridgehead atoms. The molecule has 1 atom stereocenters. The molecule has 0 aliphatic rings. The van der Waals surface area contributed by atoms with E-state index >= 15 is 0 Å². The number of benzene rings is 1. The molecule has 1 unspecified atom stereocenters. The van der Waals surface area contributed by atoms with Crippen molar-refractivity contribution < 1.29 is 10.2 Å². The second-order valence-corrected chi connectivity index (χ2v) is 3.88. The molecule has 0 spiro atoms. The van der Waals surface area contributed by atoms with Crippen LogP contribution in [-0.4, -0.2) is 16.8 Å². The van der Waals surface area contributed by atoms with E-state index in [1.165, 1.54) is 5.56 Å². The number of aryl methyl sites for hydroxylation is 1. The standard InChI is InChI=1S/C13H20O2/c1-2-5-11-6-3-7-12(10-11)13(15)8-4-9-14/h3,6-7,10,13-15H,2,4-5,8-9H2,1H3. The normalized spacial score (nSPS) is 12.7. The van der Waals surface area contributed by atoms with Gasteiger partial charge in [0.25, 0.3) is 0 Å². The van der Waals surface area contributed by atoms with Crippen molar-refractivity contribution in [3.63, 3.8) is 0 Å². The topological polar surface area (TPSA) is 40.5 Å². The van der Waals surface area contributed by atoms with Gasteiger partial charge in [-0.25, -0.2) is 0 Å². The molecule has 1 rings (SSSR count). The Hall–Kier alpha value is -0.860. The summed E-state index contributed by atoms with van der Waals surface area (Å²) in [5.41, 5.74) is 2.24. The molecule has 0 fully saturated rings. The maximum absolute atomic E-state index is 9.83. The van der Waals surface area contributed by atoms with Gasteiger partial charge in [0.05, 0.1) is 6.10 Å². The van der Waals surface area contributed by atoms with E-state index < -0.39 is 6.10 Å². The summed E-state index contributed by atoms with van der Waals surface area (Å²) in [7, 11) is 0. The van der Waals surface area contributed by atoms with Gasteiger partial charge in [-0.3, -0.25) is 0 Å². The minimum Gasteiger partial charge on any atom is -0.396 e. The number of hydrogen-bond donors (Lipinski definition) is 2. The molecule has 2 nitrogen and oxygen atoms in total. The van der Waals surface area contributed by atoms with Crippen LogP contribution in [0.4, 0.5) is 0 Å². The predicted molar refractivity (Wildman–Crippen MR) is 61.7 cm³/mol. The number of aliphatic hydroxyl groups excluding tert-OH is 2. The van der Waals surface area contributed by atoms with E-state index in [1.807, 2.05) is 12.1 Å². The van der Waals surface area contributed by atoms with Crippen LogP contribution < -0.4 is 0 Å². The zero-order valence-electron chi connectivity index (χ0n) is 9.32. The molecule has 0 radical (unpaired) electrons. The average molecular weight is 208 g/mol. The minimum absolute atomic E-state index is 0.145. The highest BCUT2D eigenvalue weighted by Gasteiger charge is 2.06. The third-order valence-electron chi connectivity index (χ3n) is 2.51. The van der Waals surface area contributed by atoms with Crippen molar-refractivity contribution in [3.05, 3.63) is 35.4 Å². The smallest absolute Gasteiger partial charge is 0.0791 e. The first-order chi connectivity index (χ1) is 7.27. The van der Waals surface area contributed by atoms with Crippen LogP contribution in [0, 0.1) is 0 Å². The summed E-state index contributed by atoms with van der Waals surface area (Å²) in [6, 6.07) is 8.08. The Morgan fingerprint density at radius 2 is 2.13 bits per heavy atom. The highest BCUT2D eigenvalue weighted by Crippen LogP contribution is 2.19. The summed E-state index contributed by atoms with van der Waals surface area (Å²) in [4.78, 5) is 0. The van der Waals surface area contributed by atoms with Gasteiger partial charge >= 0.3 is 0 Å². The fraction of sp³-hybridized carbons (Fsp3) is 0.538. The summed E-state index contributed by atoms with van der Waals surface area (Å²) in [5, 5.41) is 18.5. The van der Waals surface area contributed by atoms with E-state index in [0.717, 1.165) is 18.4 Å². The molecule has 0 aliphatic carbocycles. The molecule has 1 aromatic carbocycles. The van der Waals surface area contributed by atoms with Crippen LogP contribution in [0.3, 0.4) is 0 Å². The first-order valence-corrected chi connectivity index (χ1v) is 5.65. The van der Waals surface area contributed by atoms with Gasteiger partial charge in [-0.1, -0.05) is 37.6 Å². The summed E-state index contributed by atoms with van der Waals surface area (Å²) in [6.07, 6.45) is 3.02. The second-order valence-electron chi connectivity index (χ2n) is 3.88. The van der Waals surface area contributed by atoms with Gasteiger partial charge < -0.3 is 10.2 Å². The molecule has 0 heterocycles. The fourth-order valence-electron chi connectivity index (χ4n) is 1.70. The monoisotopic (exact) mass is 208 g/mol. The van der Waals surface area contributed by atoms with Gasteiger partial charge in [0.1, 0.15) is 0 Å². The third kappa shape index (κ3) is 4.02. The van der Waals surface area contributed by atoms with Crippen LogP contribution >= 0.6 is 0 Å². The predicted octanol–water partition coefficient (Wildman–Crippen LogP) is 2.45. The van der Waals surface area contributed by atoms with Crippen LogP contribution in [0.5, 0.6) is 0 Å². The third-order valence-corrected chi connectivity index (χ3v) is 2.51. The zero-order chi connectivity index (χ0) is 11.1. The molecule has 84 valence electrons. The van der Waals surface area contributed by atoms with E-state index in [-0.39, 0.29) is 6.61 Å². The molecule has 15 heavy (non-hydrogen) atoms. The number of aliphatic hydroxyl groups is 2. The quantitative estimate of drug-likeness (QED) is 0.754. The van der Waals surface area contributed by atoms with E-state index in [9.17, 15) is 5.11 Å². The van der Waals surface area contributed by atoms with E-state index in [0.29, 0.717) is 12.8 Å². The fourth-order valence-corrected chi connectivity index (χ4v) is 1.70. The highest BCUT2D eigenvalue weighted by atomic mass is 16.3. The van der Waals surface area contributed by atoms with Crippen LogP contribution in [0.2, 0.25) is 0 Å². The lowest BCUT2D eigenvalue weighted by Gasteiger charge is -2.11. The van der Waals surface area contributed by atoms with Crippen LogP contribution in [0.25, 0.3) is 0 Å².